The van der Waals surface area contributed by atoms with Crippen molar-refractivity contribution in [2.75, 3.05) is 0 Å². The van der Waals surface area contributed by atoms with Gasteiger partial charge < -0.3 is 10.4 Å². The van der Waals surface area contributed by atoms with E-state index in [4.69, 9.17) is 5.11 Å². The molecule has 0 radical (unpaired) electrons. The number of carbonyl (C=O) groups is 2. The fourth-order valence-corrected chi connectivity index (χ4v) is 0.870. The largest absolute Gasteiger partial charge is 0.481 e. The van der Waals surface area contributed by atoms with Gasteiger partial charge in [0.25, 0.3) is 5.91 Å². The van der Waals surface area contributed by atoms with Crippen LogP contribution in [0, 0.1) is 0 Å². The van der Waals surface area contributed by atoms with Gasteiger partial charge in [0.1, 0.15) is 0 Å². The molecule has 0 aromatic rings. The van der Waals surface area contributed by atoms with Crippen molar-refractivity contribution in [3.8, 4) is 0 Å². The Hall–Kier alpha value is -1.20. The van der Waals surface area contributed by atoms with Crippen molar-refractivity contribution < 1.29 is 23.5 Å². The lowest BCUT2D eigenvalue weighted by Gasteiger charge is -2.25. The van der Waals surface area contributed by atoms with Crippen LogP contribution in [0.2, 0.25) is 0 Å². The second-order valence-corrected chi connectivity index (χ2v) is 3.57. The van der Waals surface area contributed by atoms with E-state index in [0.29, 0.717) is 0 Å². The number of aliphatic carboxylic acids is 1. The summed E-state index contributed by atoms with van der Waals surface area (Å²) in [4.78, 5) is 20.8. The molecule has 2 N–H and O–H groups in total. The van der Waals surface area contributed by atoms with Gasteiger partial charge in [-0.15, -0.1) is 0 Å². The van der Waals surface area contributed by atoms with E-state index in [1.807, 2.05) is 0 Å². The first-order chi connectivity index (χ1) is 6.24. The van der Waals surface area contributed by atoms with Gasteiger partial charge in [0.15, 0.2) is 0 Å². The normalized spacial score (nSPS) is 11.5. The molecule has 0 aromatic carbocycles. The van der Waals surface area contributed by atoms with Gasteiger partial charge in [-0.25, -0.2) is 0 Å². The third kappa shape index (κ3) is 5.45. The van der Waals surface area contributed by atoms with Gasteiger partial charge >= 0.3 is 12.4 Å². The maximum absolute atomic E-state index is 11.8. The van der Waals surface area contributed by atoms with Crippen LogP contribution in [-0.4, -0.2) is 28.9 Å². The van der Waals surface area contributed by atoms with Crippen LogP contribution in [0.3, 0.4) is 0 Å². The molecule has 0 bridgehead atoms. The maximum atomic E-state index is 11.8. The smallest absolute Gasteiger partial charge is 0.315 e. The van der Waals surface area contributed by atoms with Gasteiger partial charge in [0.2, 0.25) is 0 Å². The molecular weight excluding hydrogens is 196 g/mol. The molecule has 0 unspecified atom stereocenters. The fraction of sp³-hybridized carbons (Fsp3) is 0.750. The monoisotopic (exact) mass is 209 g/mol. The van der Waals surface area contributed by atoms with Crippen LogP contribution in [0.4, 0.5) is 8.78 Å². The van der Waals surface area contributed by atoms with Crippen LogP contribution in [0.25, 0.3) is 0 Å². The zero-order chi connectivity index (χ0) is 11.4. The Kier molecular flexibility index (Phi) is 4.46. The van der Waals surface area contributed by atoms with Gasteiger partial charge in [-0.1, -0.05) is 0 Å². The van der Waals surface area contributed by atoms with Gasteiger partial charge in [0.05, 0.1) is 0 Å². The maximum Gasteiger partial charge on any atom is 0.315 e. The summed E-state index contributed by atoms with van der Waals surface area (Å²) in [5.74, 6) is -2.40. The van der Waals surface area contributed by atoms with E-state index in [1.54, 1.807) is 0 Å². The molecule has 0 aliphatic carbocycles. The predicted octanol–water partition coefficient (Wildman–Crippen LogP) is 1.01. The molecule has 0 aromatic heterocycles. The molecule has 0 aliphatic rings. The van der Waals surface area contributed by atoms with Crippen molar-refractivity contribution in [1.29, 1.82) is 0 Å². The third-order valence-corrected chi connectivity index (χ3v) is 1.62. The number of halogens is 2. The second kappa shape index (κ2) is 4.88. The minimum absolute atomic E-state index is 0.112. The molecule has 14 heavy (non-hydrogen) atoms. The quantitative estimate of drug-likeness (QED) is 0.710. The van der Waals surface area contributed by atoms with Crippen molar-refractivity contribution in [3.05, 3.63) is 0 Å². The molecule has 0 rings (SSSR count). The highest BCUT2D eigenvalue weighted by Gasteiger charge is 2.25. The summed E-state index contributed by atoms with van der Waals surface area (Å²) in [6.07, 6.45) is -3.13. The van der Waals surface area contributed by atoms with E-state index in [0.717, 1.165) is 0 Å². The molecule has 0 fully saturated rings. The van der Waals surface area contributed by atoms with Crippen molar-refractivity contribution >= 4 is 11.9 Å². The number of hydrogen-bond acceptors (Lipinski definition) is 2. The highest BCUT2D eigenvalue weighted by molar-refractivity contribution is 5.79. The van der Waals surface area contributed by atoms with E-state index in [1.165, 1.54) is 13.8 Å². The summed E-state index contributed by atoms with van der Waals surface area (Å²) < 4.78 is 23.7. The summed E-state index contributed by atoms with van der Waals surface area (Å²) in [5.41, 5.74) is -0.925. The zero-order valence-electron chi connectivity index (χ0n) is 8.01. The highest BCUT2D eigenvalue weighted by Crippen LogP contribution is 2.11. The Balaban J connectivity index is 4.06. The number of alkyl halides is 2. The molecule has 82 valence electrons. The number of carbonyl (C=O) groups excluding carboxylic acids is 1. The summed E-state index contributed by atoms with van der Waals surface area (Å²) in [5, 5.41) is 10.4. The molecule has 0 atom stereocenters. The molecular formula is C8H13F2NO3. The van der Waals surface area contributed by atoms with E-state index in [-0.39, 0.29) is 12.8 Å². The van der Waals surface area contributed by atoms with Gasteiger partial charge in [-0.3, -0.25) is 9.59 Å². The minimum atomic E-state index is -3.07. The van der Waals surface area contributed by atoms with Crippen molar-refractivity contribution in [1.82, 2.24) is 5.32 Å². The fourth-order valence-electron chi connectivity index (χ4n) is 0.870. The first-order valence-electron chi connectivity index (χ1n) is 4.06. The Labute approximate surface area is 80.3 Å². The molecule has 0 heterocycles. The Morgan fingerprint density at radius 1 is 1.43 bits per heavy atom. The van der Waals surface area contributed by atoms with E-state index in [2.05, 4.69) is 5.32 Å². The second-order valence-electron chi connectivity index (χ2n) is 3.57. The molecule has 0 aliphatic heterocycles. The Bertz CT molecular complexity index is 229. The molecule has 0 saturated carbocycles. The highest BCUT2D eigenvalue weighted by atomic mass is 19.3. The molecule has 0 saturated heterocycles. The first kappa shape index (κ1) is 12.8. The first-order valence-corrected chi connectivity index (χ1v) is 4.06. The lowest BCUT2D eigenvalue weighted by atomic mass is 9.98. The van der Waals surface area contributed by atoms with Crippen LogP contribution in [0.1, 0.15) is 26.7 Å². The summed E-state index contributed by atoms with van der Waals surface area (Å²) >= 11 is 0. The van der Waals surface area contributed by atoms with Crippen LogP contribution < -0.4 is 5.32 Å². The molecule has 1 amide bonds. The lowest BCUT2D eigenvalue weighted by molar-refractivity contribution is -0.138. The number of hydrogen-bond donors (Lipinski definition) is 2. The van der Waals surface area contributed by atoms with Crippen molar-refractivity contribution in [3.63, 3.8) is 0 Å². The van der Waals surface area contributed by atoms with Crippen molar-refractivity contribution in [2.45, 2.75) is 38.7 Å². The number of nitrogens with one attached hydrogen (secondary N) is 1. The van der Waals surface area contributed by atoms with Crippen LogP contribution >= 0.6 is 0 Å². The van der Waals surface area contributed by atoms with Gasteiger partial charge in [0, 0.05) is 12.0 Å². The number of carboxylic acid groups (broad SMARTS) is 1. The SMILES string of the molecule is CC(C)(CCC(=O)O)NC(=O)C(F)F. The number of carboxylic acids is 1. The number of rotatable bonds is 5. The average Bonchev–Trinajstić information content (AvgIpc) is 2.00. The third-order valence-electron chi connectivity index (χ3n) is 1.62. The Morgan fingerprint density at radius 2 is 1.93 bits per heavy atom. The van der Waals surface area contributed by atoms with Crippen molar-refractivity contribution in [2.24, 2.45) is 0 Å². The summed E-state index contributed by atoms with van der Waals surface area (Å²) in [7, 11) is 0. The summed E-state index contributed by atoms with van der Waals surface area (Å²) in [6.45, 7) is 2.99. The van der Waals surface area contributed by atoms with Gasteiger partial charge in [-0.05, 0) is 20.3 Å². The van der Waals surface area contributed by atoms with E-state index >= 15 is 0 Å². The van der Waals surface area contributed by atoms with Crippen LogP contribution in [-0.2, 0) is 9.59 Å². The predicted molar refractivity (Wildman–Crippen MR) is 45.1 cm³/mol. The topological polar surface area (TPSA) is 66.4 Å². The van der Waals surface area contributed by atoms with Crippen LogP contribution in [0.15, 0.2) is 0 Å². The van der Waals surface area contributed by atoms with E-state index in [9.17, 15) is 18.4 Å². The standard InChI is InChI=1S/C8H13F2NO3/c1-8(2,4-3-5(12)13)11-7(14)6(9)10/h6H,3-4H2,1-2H3,(H,11,14)(H,12,13). The number of amides is 1. The van der Waals surface area contributed by atoms with Crippen LogP contribution in [0.5, 0.6) is 0 Å². The molecule has 4 nitrogen and oxygen atoms in total. The lowest BCUT2D eigenvalue weighted by Crippen LogP contribution is -2.46. The minimum Gasteiger partial charge on any atom is -0.481 e. The zero-order valence-corrected chi connectivity index (χ0v) is 8.01. The average molecular weight is 209 g/mol. The van der Waals surface area contributed by atoms with Gasteiger partial charge in [-0.2, -0.15) is 8.78 Å². The molecule has 0 spiro atoms. The summed E-state index contributed by atoms with van der Waals surface area (Å²) in [6, 6.07) is 0. The molecule has 6 heteroatoms. The Morgan fingerprint density at radius 3 is 2.29 bits per heavy atom. The van der Waals surface area contributed by atoms with E-state index < -0.39 is 23.8 Å².